The molecule has 2 aliphatic heterocycles. The van der Waals surface area contributed by atoms with Crippen LogP contribution >= 0.6 is 0 Å². The highest BCUT2D eigenvalue weighted by Crippen LogP contribution is 2.70. The van der Waals surface area contributed by atoms with Gasteiger partial charge in [-0.15, -0.1) is 0 Å². The van der Waals surface area contributed by atoms with Gasteiger partial charge in [0.15, 0.2) is 5.71 Å². The van der Waals surface area contributed by atoms with Gasteiger partial charge in [0.25, 0.3) is 8.32 Å². The van der Waals surface area contributed by atoms with Gasteiger partial charge < -0.3 is 9.63 Å². The minimum absolute atomic E-state index is 0.0351. The lowest BCUT2D eigenvalue weighted by Crippen LogP contribution is -2.66. The number of carbonyl (C=O) groups is 1. The lowest BCUT2D eigenvalue weighted by Gasteiger charge is -2.43. The summed E-state index contributed by atoms with van der Waals surface area (Å²) in [6.45, 7) is 11.7. The molecule has 4 aliphatic rings. The maximum atomic E-state index is 13.9. The SMILES string of the molecule is CC1(C)[C@H]2CC[C@@]13CS(=O)(=O)N(C(=O)[C@@H]1CCCC(CCCCO[Si](c4ccccc4)(c4ccccc4)C(C)(C)C)=[N+]1[O-])[C@H]3C2. The fraction of sp³-hybridized carbons (Fsp3) is 0.611. The predicted molar refractivity (Wildman–Crippen MR) is 182 cm³/mol. The van der Waals surface area contributed by atoms with Gasteiger partial charge in [0.05, 0.1) is 11.8 Å². The Morgan fingerprint density at radius 1 is 1.02 bits per heavy atom. The van der Waals surface area contributed by atoms with Gasteiger partial charge in [0.2, 0.25) is 16.1 Å². The minimum atomic E-state index is -3.75. The van der Waals surface area contributed by atoms with Gasteiger partial charge in [0, 0.05) is 31.3 Å². The first-order valence-corrected chi connectivity index (χ1v) is 20.4. The zero-order valence-electron chi connectivity index (χ0n) is 27.6. The number of unbranched alkanes of at least 4 members (excludes halogenated alkanes) is 1. The van der Waals surface area contributed by atoms with Gasteiger partial charge in [-0.3, -0.25) is 4.79 Å². The molecule has 0 radical (unpaired) electrons. The monoisotopic (exact) mass is 650 g/mol. The molecule has 6 rings (SSSR count). The van der Waals surface area contributed by atoms with E-state index in [9.17, 15) is 18.4 Å². The van der Waals surface area contributed by atoms with Crippen molar-refractivity contribution in [2.24, 2.45) is 16.7 Å². The number of hydrogen-bond donors (Lipinski definition) is 0. The number of fused-ring (bicyclic) bond motifs is 1. The van der Waals surface area contributed by atoms with E-state index in [0.29, 0.717) is 37.5 Å². The van der Waals surface area contributed by atoms with E-state index >= 15 is 0 Å². The van der Waals surface area contributed by atoms with Gasteiger partial charge in [-0.2, -0.15) is 0 Å². The van der Waals surface area contributed by atoms with Crippen LogP contribution in [0.25, 0.3) is 0 Å². The molecule has 0 N–H and O–H groups in total. The van der Waals surface area contributed by atoms with Crippen LogP contribution in [0.4, 0.5) is 0 Å². The summed E-state index contributed by atoms with van der Waals surface area (Å²) in [6.07, 6.45) is 6.53. The Bertz CT molecular complexity index is 1510. The molecule has 1 saturated heterocycles. The summed E-state index contributed by atoms with van der Waals surface area (Å²) in [7, 11) is -6.37. The highest BCUT2D eigenvalue weighted by molar-refractivity contribution is 7.90. The Kier molecular flexibility index (Phi) is 8.39. The number of amides is 1. The second-order valence-electron chi connectivity index (χ2n) is 15.5. The normalized spacial score (nSPS) is 28.8. The smallest absolute Gasteiger partial charge is 0.306 e. The quantitative estimate of drug-likeness (QED) is 0.153. The van der Waals surface area contributed by atoms with Crippen molar-refractivity contribution in [2.45, 2.75) is 110 Å². The van der Waals surface area contributed by atoms with Crippen LogP contribution in [0, 0.1) is 22.0 Å². The molecule has 4 atom stereocenters. The van der Waals surface area contributed by atoms with E-state index < -0.39 is 30.3 Å². The van der Waals surface area contributed by atoms with Crippen LogP contribution in [-0.2, 0) is 19.2 Å². The first kappa shape index (κ1) is 32.4. The predicted octanol–water partition coefficient (Wildman–Crippen LogP) is 5.60. The third kappa shape index (κ3) is 5.12. The molecule has 2 aliphatic carbocycles. The third-order valence-electron chi connectivity index (χ3n) is 12.0. The Morgan fingerprint density at radius 3 is 2.22 bits per heavy atom. The van der Waals surface area contributed by atoms with E-state index in [1.54, 1.807) is 0 Å². The number of benzene rings is 2. The molecule has 0 unspecified atom stereocenters. The number of sulfonamides is 1. The molecule has 244 valence electrons. The molecule has 2 heterocycles. The molecule has 9 heteroatoms. The lowest BCUT2D eigenvalue weighted by molar-refractivity contribution is -0.495. The van der Waals surface area contributed by atoms with E-state index in [4.69, 9.17) is 4.43 Å². The average molecular weight is 651 g/mol. The van der Waals surface area contributed by atoms with E-state index in [1.807, 2.05) is 12.1 Å². The zero-order chi connectivity index (χ0) is 32.3. The van der Waals surface area contributed by atoms with Crippen molar-refractivity contribution in [2.75, 3.05) is 12.4 Å². The first-order valence-electron chi connectivity index (χ1n) is 16.9. The fourth-order valence-corrected chi connectivity index (χ4v) is 16.7. The van der Waals surface area contributed by atoms with Crippen LogP contribution in [0.2, 0.25) is 5.04 Å². The Hall–Kier alpha value is -2.49. The second kappa shape index (κ2) is 11.6. The molecular formula is C36H50N2O5SSi. The Balaban J connectivity index is 1.15. The van der Waals surface area contributed by atoms with Crippen molar-refractivity contribution >= 4 is 40.3 Å². The molecule has 1 spiro atoms. The zero-order valence-corrected chi connectivity index (χ0v) is 29.4. The minimum Gasteiger partial charge on any atom is -0.623 e. The van der Waals surface area contributed by atoms with Crippen molar-refractivity contribution in [3.05, 3.63) is 65.9 Å². The topological polar surface area (TPSA) is 89.8 Å². The summed E-state index contributed by atoms with van der Waals surface area (Å²) in [5, 5.41) is 16.0. The molecule has 3 fully saturated rings. The maximum absolute atomic E-state index is 13.9. The van der Waals surface area contributed by atoms with Gasteiger partial charge in [0.1, 0.15) is 0 Å². The highest BCUT2D eigenvalue weighted by Gasteiger charge is 2.72. The summed E-state index contributed by atoms with van der Waals surface area (Å²) in [5.74, 6) is -0.0356. The van der Waals surface area contributed by atoms with Crippen LogP contribution in [0.15, 0.2) is 60.7 Å². The molecule has 0 aromatic heterocycles. The van der Waals surface area contributed by atoms with E-state index in [-0.39, 0.29) is 27.7 Å². The molecular weight excluding hydrogens is 601 g/mol. The van der Waals surface area contributed by atoms with Crippen LogP contribution < -0.4 is 10.4 Å². The molecule has 2 bridgehead atoms. The average Bonchev–Trinajstić information content (AvgIpc) is 3.48. The largest absolute Gasteiger partial charge is 0.623 e. The van der Waals surface area contributed by atoms with Crippen molar-refractivity contribution < 1.29 is 22.4 Å². The summed E-state index contributed by atoms with van der Waals surface area (Å²) >= 11 is 0. The van der Waals surface area contributed by atoms with Crippen molar-refractivity contribution in [1.29, 1.82) is 0 Å². The second-order valence-corrected chi connectivity index (χ2v) is 21.7. The van der Waals surface area contributed by atoms with Crippen molar-refractivity contribution in [3.8, 4) is 0 Å². The van der Waals surface area contributed by atoms with Crippen LogP contribution in [0.1, 0.15) is 92.4 Å². The fourth-order valence-electron chi connectivity index (χ4n) is 9.55. The third-order valence-corrected chi connectivity index (χ3v) is 19.0. The van der Waals surface area contributed by atoms with E-state index in [2.05, 4.69) is 83.1 Å². The number of carbonyl (C=O) groups excluding carboxylic acids is 1. The molecule has 2 aromatic carbocycles. The van der Waals surface area contributed by atoms with Crippen LogP contribution in [0.3, 0.4) is 0 Å². The van der Waals surface area contributed by atoms with E-state index in [1.165, 1.54) is 14.7 Å². The molecule has 7 nitrogen and oxygen atoms in total. The van der Waals surface area contributed by atoms with Gasteiger partial charge in [-0.05, 0) is 65.3 Å². The molecule has 45 heavy (non-hydrogen) atoms. The standard InChI is InChI=1S/C36H50N2O5SSi/c1-34(2,3)45(29-17-8-6-9-18-29,30-19-10-7-11-20-30)43-24-13-12-15-28-16-14-21-31(37(28)40)33(39)38-32-25-27-22-23-36(32,35(27,4)5)26-44(38,41)42/h6-11,17-20,27,31-32H,12-16,21-26H2,1-5H3/t27-,31-,32-,36-/m0/s1. The molecule has 2 aromatic rings. The van der Waals surface area contributed by atoms with Gasteiger partial charge in [-0.25, -0.2) is 17.5 Å². The van der Waals surface area contributed by atoms with E-state index in [0.717, 1.165) is 43.3 Å². The molecule has 2 saturated carbocycles. The van der Waals surface area contributed by atoms with Crippen LogP contribution in [0.5, 0.6) is 0 Å². The summed E-state index contributed by atoms with van der Waals surface area (Å²) < 4.78 is 36.1. The Morgan fingerprint density at radius 2 is 1.64 bits per heavy atom. The number of hydroxylamine groups is 1. The van der Waals surface area contributed by atoms with Gasteiger partial charge >= 0.3 is 5.91 Å². The first-order chi connectivity index (χ1) is 21.3. The summed E-state index contributed by atoms with van der Waals surface area (Å²) in [6, 6.07) is 19.9. The van der Waals surface area contributed by atoms with Crippen molar-refractivity contribution in [1.82, 2.24) is 4.31 Å². The summed E-state index contributed by atoms with van der Waals surface area (Å²) in [4.78, 5) is 13.9. The lowest BCUT2D eigenvalue weighted by atomic mass is 9.69. The van der Waals surface area contributed by atoms with Gasteiger partial charge in [-0.1, -0.05) is 95.3 Å². The van der Waals surface area contributed by atoms with Crippen LogP contribution in [-0.4, -0.2) is 61.8 Å². The molecule has 1 amide bonds. The highest BCUT2D eigenvalue weighted by atomic mass is 32.2. The number of hydrogen-bond acceptors (Lipinski definition) is 5. The number of nitrogens with zero attached hydrogens (tertiary/aromatic N) is 2. The number of rotatable bonds is 9. The Labute approximate surface area is 270 Å². The maximum Gasteiger partial charge on any atom is 0.306 e. The van der Waals surface area contributed by atoms with Crippen molar-refractivity contribution in [3.63, 3.8) is 0 Å². The summed E-state index contributed by atoms with van der Waals surface area (Å²) in [5.41, 5.74) is 0.216.